The van der Waals surface area contributed by atoms with Gasteiger partial charge in [0.25, 0.3) is 5.91 Å². The summed E-state index contributed by atoms with van der Waals surface area (Å²) in [6, 6.07) is 15.6. The largest absolute Gasteiger partial charge is 0.494 e. The van der Waals surface area contributed by atoms with Crippen molar-refractivity contribution in [3.63, 3.8) is 0 Å². The van der Waals surface area contributed by atoms with Crippen LogP contribution in [0.25, 0.3) is 5.69 Å². The Kier molecular flexibility index (Phi) is 9.09. The van der Waals surface area contributed by atoms with Gasteiger partial charge in [0.15, 0.2) is 5.69 Å². The van der Waals surface area contributed by atoms with E-state index in [1.807, 2.05) is 58.0 Å². The molecule has 1 heterocycles. The van der Waals surface area contributed by atoms with Crippen molar-refractivity contribution in [1.82, 2.24) is 9.78 Å². The molecule has 1 aromatic heterocycles. The van der Waals surface area contributed by atoms with E-state index < -0.39 is 19.0 Å². The van der Waals surface area contributed by atoms with E-state index in [9.17, 15) is 9.59 Å². The third-order valence-corrected chi connectivity index (χ3v) is 5.06. The average molecular weight is 498 g/mol. The lowest BCUT2D eigenvalue weighted by Gasteiger charge is -2.20. The summed E-state index contributed by atoms with van der Waals surface area (Å²) in [6.07, 6.45) is -0.179. The highest BCUT2D eigenvalue weighted by molar-refractivity contribution is 6.61. The maximum Gasteiger partial charge on any atom is 0.494 e. The van der Waals surface area contributed by atoms with Crippen LogP contribution in [0.15, 0.2) is 54.6 Å². The van der Waals surface area contributed by atoms with E-state index in [0.29, 0.717) is 17.0 Å². The van der Waals surface area contributed by atoms with E-state index in [2.05, 4.69) is 10.4 Å². The Hall–Kier alpha value is -3.14. The van der Waals surface area contributed by atoms with Gasteiger partial charge < -0.3 is 19.4 Å². The van der Waals surface area contributed by atoms with Crippen molar-refractivity contribution in [1.29, 1.82) is 0 Å². The lowest BCUT2D eigenvalue weighted by Crippen LogP contribution is -2.41. The molecule has 10 heteroatoms. The first-order valence-corrected chi connectivity index (χ1v) is 11.8. The second kappa shape index (κ2) is 12.0. The maximum atomic E-state index is 13.3. The summed E-state index contributed by atoms with van der Waals surface area (Å²) in [4.78, 5) is 25.6. The van der Waals surface area contributed by atoms with E-state index in [1.54, 1.807) is 25.1 Å². The van der Waals surface area contributed by atoms with Gasteiger partial charge in [-0.1, -0.05) is 35.9 Å². The Morgan fingerprint density at radius 1 is 1.03 bits per heavy atom. The molecule has 1 N–H and O–H groups in total. The number of para-hydroxylation sites is 1. The van der Waals surface area contributed by atoms with Crippen molar-refractivity contribution < 1.29 is 23.6 Å². The zero-order valence-electron chi connectivity index (χ0n) is 20.4. The standard InChI is InChI=1S/C25H29BClN3O5/c1-6-33-25(32)22-15-23(30(29-22)19-10-8-7-9-11-19)28-24(31)20-14-18(12-13-21(20)27)26(34-16(2)3)35-17(4)5/h7-17H,6H2,1-5H3,(H,28,31). The first kappa shape index (κ1) is 26.5. The summed E-state index contributed by atoms with van der Waals surface area (Å²) < 4.78 is 18.4. The smallest absolute Gasteiger partial charge is 0.461 e. The van der Waals surface area contributed by atoms with Crippen LogP contribution in [-0.4, -0.2) is 47.6 Å². The lowest BCUT2D eigenvalue weighted by molar-refractivity contribution is 0.0518. The minimum Gasteiger partial charge on any atom is -0.461 e. The third-order valence-electron chi connectivity index (χ3n) is 4.74. The van der Waals surface area contributed by atoms with E-state index in [-0.39, 0.29) is 35.1 Å². The normalized spacial score (nSPS) is 11.1. The van der Waals surface area contributed by atoms with Crippen LogP contribution >= 0.6 is 11.6 Å². The Morgan fingerprint density at radius 2 is 1.69 bits per heavy atom. The molecule has 0 bridgehead atoms. The van der Waals surface area contributed by atoms with Crippen molar-refractivity contribution in [2.24, 2.45) is 0 Å². The third kappa shape index (κ3) is 6.94. The number of anilines is 1. The molecule has 0 radical (unpaired) electrons. The van der Waals surface area contributed by atoms with Gasteiger partial charge in [-0.05, 0) is 64.3 Å². The van der Waals surface area contributed by atoms with Crippen molar-refractivity contribution in [3.05, 3.63) is 70.9 Å². The van der Waals surface area contributed by atoms with Gasteiger partial charge in [-0.3, -0.25) is 4.79 Å². The van der Waals surface area contributed by atoms with E-state index >= 15 is 0 Å². The number of nitrogens with one attached hydrogen (secondary N) is 1. The number of aromatic nitrogens is 2. The van der Waals surface area contributed by atoms with Gasteiger partial charge in [0, 0.05) is 18.3 Å². The minimum absolute atomic E-state index is 0.0709. The van der Waals surface area contributed by atoms with E-state index in [1.165, 1.54) is 10.7 Å². The Balaban J connectivity index is 1.96. The highest BCUT2D eigenvalue weighted by atomic mass is 35.5. The molecule has 0 saturated heterocycles. The average Bonchev–Trinajstić information content (AvgIpc) is 3.23. The Bertz CT molecular complexity index is 1160. The predicted molar refractivity (Wildman–Crippen MR) is 137 cm³/mol. The molecule has 35 heavy (non-hydrogen) atoms. The number of benzene rings is 2. The highest BCUT2D eigenvalue weighted by Crippen LogP contribution is 2.21. The molecule has 0 saturated carbocycles. The molecule has 0 atom stereocenters. The Labute approximate surface area is 210 Å². The fraction of sp³-hybridized carbons (Fsp3) is 0.320. The van der Waals surface area contributed by atoms with Gasteiger partial charge >= 0.3 is 13.1 Å². The number of carbonyl (C=O) groups is 2. The zero-order chi connectivity index (χ0) is 25.5. The number of nitrogens with zero attached hydrogens (tertiary/aromatic N) is 2. The minimum atomic E-state index is -0.663. The van der Waals surface area contributed by atoms with Crippen LogP contribution in [-0.2, 0) is 14.0 Å². The highest BCUT2D eigenvalue weighted by Gasteiger charge is 2.27. The number of carbonyl (C=O) groups excluding carboxylic acids is 2. The van der Waals surface area contributed by atoms with Crippen LogP contribution in [0.1, 0.15) is 55.5 Å². The monoisotopic (exact) mass is 497 g/mol. The SMILES string of the molecule is CCOC(=O)c1cc(NC(=O)c2cc(B(OC(C)C)OC(C)C)ccc2Cl)n(-c2ccccc2)n1. The van der Waals surface area contributed by atoms with Gasteiger partial charge in [-0.25, -0.2) is 9.48 Å². The quantitative estimate of drug-likeness (QED) is 0.327. The van der Waals surface area contributed by atoms with Crippen LogP contribution in [0.5, 0.6) is 0 Å². The second-order valence-electron chi connectivity index (χ2n) is 8.28. The van der Waals surface area contributed by atoms with Crippen molar-refractivity contribution in [3.8, 4) is 5.69 Å². The molecule has 0 aliphatic rings. The molecule has 3 aromatic rings. The molecule has 184 valence electrons. The zero-order valence-corrected chi connectivity index (χ0v) is 21.2. The summed E-state index contributed by atoms with van der Waals surface area (Å²) in [5.41, 5.74) is 1.62. The molecule has 0 fully saturated rings. The van der Waals surface area contributed by atoms with Crippen LogP contribution in [0.2, 0.25) is 5.02 Å². The maximum absolute atomic E-state index is 13.3. The number of halogens is 1. The molecule has 0 aliphatic carbocycles. The van der Waals surface area contributed by atoms with Crippen LogP contribution < -0.4 is 10.8 Å². The van der Waals surface area contributed by atoms with Gasteiger partial charge in [-0.15, -0.1) is 0 Å². The summed E-state index contributed by atoms with van der Waals surface area (Å²) in [5, 5.41) is 7.41. The lowest BCUT2D eigenvalue weighted by atomic mass is 9.77. The van der Waals surface area contributed by atoms with E-state index in [0.717, 1.165) is 0 Å². The van der Waals surface area contributed by atoms with Crippen LogP contribution in [0.4, 0.5) is 5.82 Å². The van der Waals surface area contributed by atoms with Crippen molar-refractivity contribution >= 4 is 41.9 Å². The van der Waals surface area contributed by atoms with Gasteiger partial charge in [0.1, 0.15) is 5.82 Å². The summed E-state index contributed by atoms with van der Waals surface area (Å²) >= 11 is 6.39. The predicted octanol–water partition coefficient (Wildman–Crippen LogP) is 4.50. The molecule has 0 spiro atoms. The van der Waals surface area contributed by atoms with Gasteiger partial charge in [-0.2, -0.15) is 5.10 Å². The van der Waals surface area contributed by atoms with Crippen molar-refractivity contribution in [2.45, 2.75) is 46.8 Å². The van der Waals surface area contributed by atoms with Crippen LogP contribution in [0, 0.1) is 0 Å². The van der Waals surface area contributed by atoms with Crippen LogP contribution in [0.3, 0.4) is 0 Å². The second-order valence-corrected chi connectivity index (χ2v) is 8.68. The number of amides is 1. The molecular weight excluding hydrogens is 469 g/mol. The molecule has 0 unspecified atom stereocenters. The molecule has 8 nitrogen and oxygen atoms in total. The first-order chi connectivity index (χ1) is 16.7. The molecule has 1 amide bonds. The Morgan fingerprint density at radius 3 is 2.29 bits per heavy atom. The topological polar surface area (TPSA) is 91.7 Å². The summed E-state index contributed by atoms with van der Waals surface area (Å²) in [7, 11) is -0.663. The number of hydrogen-bond acceptors (Lipinski definition) is 6. The summed E-state index contributed by atoms with van der Waals surface area (Å²) in [5.74, 6) is -0.770. The van der Waals surface area contributed by atoms with Gasteiger partial charge in [0.05, 0.1) is 22.9 Å². The summed E-state index contributed by atoms with van der Waals surface area (Å²) in [6.45, 7) is 9.55. The van der Waals surface area contributed by atoms with E-state index in [4.69, 9.17) is 25.6 Å². The fourth-order valence-corrected chi connectivity index (χ4v) is 3.48. The van der Waals surface area contributed by atoms with Crippen molar-refractivity contribution in [2.75, 3.05) is 11.9 Å². The number of hydrogen-bond donors (Lipinski definition) is 1. The number of esters is 1. The molecule has 2 aromatic carbocycles. The number of rotatable bonds is 10. The van der Waals surface area contributed by atoms with Gasteiger partial charge in [0.2, 0.25) is 0 Å². The molecular formula is C25H29BClN3O5. The molecule has 3 rings (SSSR count). The number of ether oxygens (including phenoxy) is 1. The first-order valence-electron chi connectivity index (χ1n) is 11.4. The molecule has 0 aliphatic heterocycles. The fourth-order valence-electron chi connectivity index (χ4n) is 3.27.